The van der Waals surface area contributed by atoms with Crippen molar-refractivity contribution in [2.24, 2.45) is 5.73 Å². The molecule has 0 amide bonds. The van der Waals surface area contributed by atoms with E-state index in [1.165, 1.54) is 6.07 Å². The SMILES string of the molecule is CC(Cn1ccnc1)NS(=O)(=O)c1cc(CN)ccc1Cl. The Morgan fingerprint density at radius 1 is 1.48 bits per heavy atom. The van der Waals surface area contributed by atoms with E-state index < -0.39 is 10.0 Å². The zero-order chi connectivity index (χ0) is 15.5. The van der Waals surface area contributed by atoms with Crippen molar-refractivity contribution in [3.63, 3.8) is 0 Å². The fourth-order valence-electron chi connectivity index (χ4n) is 1.96. The lowest BCUT2D eigenvalue weighted by Gasteiger charge is -2.16. The summed E-state index contributed by atoms with van der Waals surface area (Å²) in [4.78, 5) is 3.96. The van der Waals surface area contributed by atoms with Gasteiger partial charge in [-0.25, -0.2) is 18.1 Å². The maximum atomic E-state index is 12.4. The van der Waals surface area contributed by atoms with Crippen LogP contribution in [0.5, 0.6) is 0 Å². The summed E-state index contributed by atoms with van der Waals surface area (Å²) in [6.07, 6.45) is 5.04. The third-order valence-corrected chi connectivity index (χ3v) is 4.99. The number of sulfonamides is 1. The summed E-state index contributed by atoms with van der Waals surface area (Å²) >= 11 is 5.99. The van der Waals surface area contributed by atoms with Crippen molar-refractivity contribution in [2.75, 3.05) is 0 Å². The van der Waals surface area contributed by atoms with E-state index in [0.29, 0.717) is 12.1 Å². The number of benzene rings is 1. The van der Waals surface area contributed by atoms with Gasteiger partial charge in [0.1, 0.15) is 4.90 Å². The minimum Gasteiger partial charge on any atom is -0.336 e. The van der Waals surface area contributed by atoms with Crippen LogP contribution in [0, 0.1) is 0 Å². The minimum absolute atomic E-state index is 0.0459. The molecule has 114 valence electrons. The first-order valence-corrected chi connectivity index (χ1v) is 8.25. The highest BCUT2D eigenvalue weighted by molar-refractivity contribution is 7.89. The van der Waals surface area contributed by atoms with Crippen molar-refractivity contribution in [3.05, 3.63) is 47.5 Å². The van der Waals surface area contributed by atoms with Crippen LogP contribution in [0.25, 0.3) is 0 Å². The fraction of sp³-hybridized carbons (Fsp3) is 0.308. The smallest absolute Gasteiger partial charge is 0.242 e. The van der Waals surface area contributed by atoms with Gasteiger partial charge < -0.3 is 10.3 Å². The van der Waals surface area contributed by atoms with E-state index in [-0.39, 0.29) is 22.5 Å². The lowest BCUT2D eigenvalue weighted by Crippen LogP contribution is -2.35. The first kappa shape index (κ1) is 16.0. The largest absolute Gasteiger partial charge is 0.336 e. The first-order valence-electron chi connectivity index (χ1n) is 6.39. The van der Waals surface area contributed by atoms with Crippen molar-refractivity contribution >= 4 is 21.6 Å². The second-order valence-corrected chi connectivity index (χ2v) is 6.84. The van der Waals surface area contributed by atoms with E-state index in [9.17, 15) is 8.42 Å². The maximum absolute atomic E-state index is 12.4. The van der Waals surface area contributed by atoms with Gasteiger partial charge in [0.25, 0.3) is 0 Å². The van der Waals surface area contributed by atoms with Gasteiger partial charge in [-0.1, -0.05) is 17.7 Å². The van der Waals surface area contributed by atoms with E-state index >= 15 is 0 Å². The summed E-state index contributed by atoms with van der Waals surface area (Å²) in [7, 11) is -3.70. The monoisotopic (exact) mass is 328 g/mol. The summed E-state index contributed by atoms with van der Waals surface area (Å²) < 4.78 is 29.2. The van der Waals surface area contributed by atoms with Crippen molar-refractivity contribution < 1.29 is 8.42 Å². The number of hydrogen-bond acceptors (Lipinski definition) is 4. The highest BCUT2D eigenvalue weighted by Gasteiger charge is 2.21. The minimum atomic E-state index is -3.70. The summed E-state index contributed by atoms with van der Waals surface area (Å²) in [6, 6.07) is 4.44. The molecular formula is C13H17ClN4O2S. The number of imidazole rings is 1. The molecule has 1 heterocycles. The van der Waals surface area contributed by atoms with Crippen molar-refractivity contribution in [1.29, 1.82) is 0 Å². The Morgan fingerprint density at radius 3 is 2.86 bits per heavy atom. The van der Waals surface area contributed by atoms with Crippen LogP contribution < -0.4 is 10.5 Å². The Balaban J connectivity index is 2.18. The molecule has 0 saturated carbocycles. The third kappa shape index (κ3) is 4.04. The van der Waals surface area contributed by atoms with Crippen LogP contribution >= 0.6 is 11.6 Å². The molecule has 2 rings (SSSR count). The summed E-state index contributed by atoms with van der Waals surface area (Å²) in [5, 5.41) is 0.175. The number of aromatic nitrogens is 2. The number of hydrogen-bond donors (Lipinski definition) is 2. The molecule has 1 aromatic heterocycles. The van der Waals surface area contributed by atoms with E-state index in [2.05, 4.69) is 9.71 Å². The Hall–Kier alpha value is -1.41. The van der Waals surface area contributed by atoms with Crippen LogP contribution in [0.4, 0.5) is 0 Å². The van der Waals surface area contributed by atoms with E-state index in [4.69, 9.17) is 17.3 Å². The quantitative estimate of drug-likeness (QED) is 0.837. The van der Waals surface area contributed by atoms with Crippen molar-refractivity contribution in [3.8, 4) is 0 Å². The molecule has 8 heteroatoms. The predicted molar refractivity (Wildman–Crippen MR) is 81.4 cm³/mol. The van der Waals surface area contributed by atoms with Gasteiger partial charge >= 0.3 is 0 Å². The van der Waals surface area contributed by atoms with E-state index in [0.717, 1.165) is 0 Å². The van der Waals surface area contributed by atoms with Gasteiger partial charge in [0.05, 0.1) is 11.3 Å². The standard InChI is InChI=1S/C13H17ClN4O2S/c1-10(8-18-5-4-16-9-18)17-21(19,20)13-6-11(7-15)2-3-12(13)14/h2-6,9-10,17H,7-8,15H2,1H3. The summed E-state index contributed by atoms with van der Waals surface area (Å²) in [5.41, 5.74) is 6.25. The van der Waals surface area contributed by atoms with Gasteiger partial charge in [0.15, 0.2) is 0 Å². The third-order valence-electron chi connectivity index (χ3n) is 2.92. The molecule has 0 saturated heterocycles. The highest BCUT2D eigenvalue weighted by Crippen LogP contribution is 2.22. The van der Waals surface area contributed by atoms with Crippen LogP contribution in [-0.2, 0) is 23.1 Å². The number of nitrogens with zero attached hydrogens (tertiary/aromatic N) is 2. The molecule has 0 fully saturated rings. The maximum Gasteiger partial charge on any atom is 0.242 e. The number of nitrogens with one attached hydrogen (secondary N) is 1. The van der Waals surface area contributed by atoms with Gasteiger partial charge in [-0.3, -0.25) is 0 Å². The Bertz CT molecular complexity index is 701. The fourth-order valence-corrected chi connectivity index (χ4v) is 3.74. The molecule has 1 unspecified atom stereocenters. The zero-order valence-corrected chi connectivity index (χ0v) is 13.1. The predicted octanol–water partition coefficient (Wildman–Crippen LogP) is 1.36. The van der Waals surface area contributed by atoms with Gasteiger partial charge in [-0.2, -0.15) is 0 Å². The zero-order valence-electron chi connectivity index (χ0n) is 11.5. The Morgan fingerprint density at radius 2 is 2.24 bits per heavy atom. The molecule has 6 nitrogen and oxygen atoms in total. The van der Waals surface area contributed by atoms with Crippen molar-refractivity contribution in [1.82, 2.24) is 14.3 Å². The number of rotatable bonds is 6. The lowest BCUT2D eigenvalue weighted by atomic mass is 10.2. The van der Waals surface area contributed by atoms with Gasteiger partial charge in [0, 0.05) is 31.5 Å². The van der Waals surface area contributed by atoms with Gasteiger partial charge in [-0.05, 0) is 24.6 Å². The molecule has 3 N–H and O–H groups in total. The first-order chi connectivity index (χ1) is 9.92. The van der Waals surface area contributed by atoms with E-state index in [1.54, 1.807) is 42.3 Å². The molecule has 2 aromatic rings. The molecule has 21 heavy (non-hydrogen) atoms. The van der Waals surface area contributed by atoms with Crippen molar-refractivity contribution in [2.45, 2.75) is 31.0 Å². The Labute approximate surface area is 129 Å². The summed E-state index contributed by atoms with van der Waals surface area (Å²) in [5.74, 6) is 0. The molecule has 0 radical (unpaired) electrons. The van der Waals surface area contributed by atoms with Crippen LogP contribution in [0.1, 0.15) is 12.5 Å². The number of halogens is 1. The van der Waals surface area contributed by atoms with Gasteiger partial charge in [0.2, 0.25) is 10.0 Å². The molecule has 0 bridgehead atoms. The second kappa shape index (κ2) is 6.57. The second-order valence-electron chi connectivity index (χ2n) is 4.75. The normalized spacial score (nSPS) is 13.3. The number of nitrogens with two attached hydrogens (primary N) is 1. The molecule has 1 aromatic carbocycles. The average Bonchev–Trinajstić information content (AvgIpc) is 2.91. The molecular weight excluding hydrogens is 312 g/mol. The van der Waals surface area contributed by atoms with Crippen LogP contribution in [0.3, 0.4) is 0 Å². The topological polar surface area (TPSA) is 90.0 Å². The van der Waals surface area contributed by atoms with E-state index in [1.807, 2.05) is 0 Å². The molecule has 0 aliphatic rings. The molecule has 0 spiro atoms. The van der Waals surface area contributed by atoms with Gasteiger partial charge in [-0.15, -0.1) is 0 Å². The summed E-state index contributed by atoms with van der Waals surface area (Å²) in [6.45, 7) is 2.51. The van der Waals surface area contributed by atoms with Crippen LogP contribution in [0.15, 0.2) is 41.8 Å². The molecule has 0 aliphatic heterocycles. The Kier molecular flexibility index (Phi) is 5.00. The molecule has 1 atom stereocenters. The van der Waals surface area contributed by atoms with Crippen LogP contribution in [0.2, 0.25) is 5.02 Å². The lowest BCUT2D eigenvalue weighted by molar-refractivity contribution is 0.520. The van der Waals surface area contributed by atoms with Crippen LogP contribution in [-0.4, -0.2) is 24.0 Å². The molecule has 0 aliphatic carbocycles. The highest BCUT2D eigenvalue weighted by atomic mass is 35.5. The average molecular weight is 329 g/mol.